The summed E-state index contributed by atoms with van der Waals surface area (Å²) < 4.78 is 5.73. The summed E-state index contributed by atoms with van der Waals surface area (Å²) in [7, 11) is 0. The van der Waals surface area contributed by atoms with Crippen molar-refractivity contribution < 1.29 is 19.4 Å². The number of aromatic nitrogens is 2. The van der Waals surface area contributed by atoms with Crippen LogP contribution < -0.4 is 4.74 Å². The van der Waals surface area contributed by atoms with Gasteiger partial charge in [-0.25, -0.2) is 0 Å². The Hall–Kier alpha value is -4.00. The van der Waals surface area contributed by atoms with Crippen molar-refractivity contribution in [3.8, 4) is 5.75 Å². The molecule has 3 heterocycles. The first kappa shape index (κ1) is 23.2. The predicted octanol–water partition coefficient (Wildman–Crippen LogP) is 4.62. The Morgan fingerprint density at radius 2 is 1.94 bits per heavy atom. The molecule has 0 saturated carbocycles. The van der Waals surface area contributed by atoms with Crippen molar-refractivity contribution in [3.05, 3.63) is 95.1 Å². The van der Waals surface area contributed by atoms with Crippen molar-refractivity contribution in [1.29, 1.82) is 0 Å². The number of benzene rings is 1. The van der Waals surface area contributed by atoms with Gasteiger partial charge in [-0.2, -0.15) is 0 Å². The molecule has 0 bridgehead atoms. The van der Waals surface area contributed by atoms with Crippen LogP contribution >= 0.6 is 0 Å². The van der Waals surface area contributed by atoms with Gasteiger partial charge in [0.2, 0.25) is 0 Å². The molecule has 1 N–H and O–H groups in total. The van der Waals surface area contributed by atoms with Gasteiger partial charge in [-0.15, -0.1) is 0 Å². The van der Waals surface area contributed by atoms with Crippen molar-refractivity contribution in [2.45, 2.75) is 39.3 Å². The van der Waals surface area contributed by atoms with Crippen LogP contribution in [0.3, 0.4) is 0 Å². The summed E-state index contributed by atoms with van der Waals surface area (Å²) in [6.45, 7) is 6.65. The number of Topliss-reactive ketones (excluding diaryl/α,β-unsaturated/α-hetero) is 1. The van der Waals surface area contributed by atoms with Crippen LogP contribution in [0.15, 0.2) is 72.7 Å². The molecule has 1 amide bonds. The van der Waals surface area contributed by atoms with Gasteiger partial charge in [-0.3, -0.25) is 19.6 Å². The highest BCUT2D eigenvalue weighted by Gasteiger charge is 2.46. The van der Waals surface area contributed by atoms with Crippen LogP contribution in [0.4, 0.5) is 0 Å². The van der Waals surface area contributed by atoms with Crippen molar-refractivity contribution >= 4 is 17.4 Å². The lowest BCUT2D eigenvalue weighted by atomic mass is 9.94. The summed E-state index contributed by atoms with van der Waals surface area (Å²) in [6, 6.07) is 13.4. The third-order valence-corrected chi connectivity index (χ3v) is 5.79. The lowest BCUT2D eigenvalue weighted by molar-refractivity contribution is -0.140. The SMILES string of the molecule is CCOc1ccc(/C(O)=C2/C(=O)C(=O)N(Cc3cccnc3)C2c2ccccn2)cc1C(C)C. The summed E-state index contributed by atoms with van der Waals surface area (Å²) in [5.74, 6) is -0.790. The zero-order chi connectivity index (χ0) is 24.2. The molecular formula is C27H27N3O4. The van der Waals surface area contributed by atoms with Crippen molar-refractivity contribution in [2.75, 3.05) is 6.61 Å². The average Bonchev–Trinajstić information content (AvgIpc) is 3.10. The molecule has 7 nitrogen and oxygen atoms in total. The molecule has 0 radical (unpaired) electrons. The minimum absolute atomic E-state index is 0.0199. The van der Waals surface area contributed by atoms with Crippen LogP contribution in [0, 0.1) is 0 Å². The fraction of sp³-hybridized carbons (Fsp3) is 0.259. The molecule has 1 aliphatic heterocycles. The number of aliphatic hydroxyl groups is 1. The Kier molecular flexibility index (Phi) is 6.72. The largest absolute Gasteiger partial charge is 0.507 e. The van der Waals surface area contributed by atoms with Gasteiger partial charge in [0.05, 0.1) is 17.9 Å². The van der Waals surface area contributed by atoms with E-state index in [9.17, 15) is 14.7 Å². The number of ketones is 1. The first-order valence-corrected chi connectivity index (χ1v) is 11.3. The quantitative estimate of drug-likeness (QED) is 0.316. The molecule has 1 atom stereocenters. The molecule has 34 heavy (non-hydrogen) atoms. The Morgan fingerprint density at radius 1 is 1.12 bits per heavy atom. The number of hydrogen-bond acceptors (Lipinski definition) is 6. The van der Waals surface area contributed by atoms with E-state index in [1.54, 1.807) is 55.0 Å². The predicted molar refractivity (Wildman–Crippen MR) is 128 cm³/mol. The fourth-order valence-corrected chi connectivity index (χ4v) is 4.17. The summed E-state index contributed by atoms with van der Waals surface area (Å²) in [5.41, 5.74) is 2.65. The van der Waals surface area contributed by atoms with Gasteiger partial charge in [0.25, 0.3) is 11.7 Å². The van der Waals surface area contributed by atoms with Crippen LogP contribution in [0.5, 0.6) is 5.75 Å². The van der Waals surface area contributed by atoms with Gasteiger partial charge in [-0.05, 0) is 60.4 Å². The van der Waals surface area contributed by atoms with Gasteiger partial charge < -0.3 is 14.7 Å². The molecule has 1 aliphatic rings. The van der Waals surface area contributed by atoms with Crippen LogP contribution in [0.1, 0.15) is 55.1 Å². The van der Waals surface area contributed by atoms with Gasteiger partial charge in [0, 0.05) is 30.7 Å². The summed E-state index contributed by atoms with van der Waals surface area (Å²) in [5, 5.41) is 11.4. The second-order valence-corrected chi connectivity index (χ2v) is 8.38. The molecule has 2 aromatic heterocycles. The third kappa shape index (κ3) is 4.41. The maximum atomic E-state index is 13.2. The maximum absolute atomic E-state index is 13.2. The number of aliphatic hydroxyl groups excluding tert-OH is 1. The van der Waals surface area contributed by atoms with E-state index in [0.29, 0.717) is 17.9 Å². The highest BCUT2D eigenvalue weighted by atomic mass is 16.5. The minimum Gasteiger partial charge on any atom is -0.507 e. The number of hydrogen-bond donors (Lipinski definition) is 1. The topological polar surface area (TPSA) is 92.6 Å². The van der Waals surface area contributed by atoms with E-state index >= 15 is 0 Å². The van der Waals surface area contributed by atoms with Crippen LogP contribution in [0.2, 0.25) is 0 Å². The number of pyridine rings is 2. The molecular weight excluding hydrogens is 430 g/mol. The van der Waals surface area contributed by atoms with E-state index in [1.165, 1.54) is 4.90 Å². The first-order chi connectivity index (χ1) is 16.4. The molecule has 4 rings (SSSR count). The number of amides is 1. The van der Waals surface area contributed by atoms with Gasteiger partial charge in [-0.1, -0.05) is 26.0 Å². The third-order valence-electron chi connectivity index (χ3n) is 5.79. The minimum atomic E-state index is -0.824. The highest BCUT2D eigenvalue weighted by molar-refractivity contribution is 6.46. The first-order valence-electron chi connectivity index (χ1n) is 11.3. The van der Waals surface area contributed by atoms with Crippen molar-refractivity contribution in [3.63, 3.8) is 0 Å². The van der Waals surface area contributed by atoms with Crippen molar-refractivity contribution in [2.24, 2.45) is 0 Å². The zero-order valence-electron chi connectivity index (χ0n) is 19.4. The molecule has 1 saturated heterocycles. The van der Waals surface area contributed by atoms with E-state index in [-0.39, 0.29) is 23.8 Å². The molecule has 3 aromatic rings. The van der Waals surface area contributed by atoms with E-state index in [2.05, 4.69) is 9.97 Å². The molecule has 1 aromatic carbocycles. The summed E-state index contributed by atoms with van der Waals surface area (Å²) >= 11 is 0. The molecule has 1 unspecified atom stereocenters. The van der Waals surface area contributed by atoms with E-state index in [0.717, 1.165) is 16.9 Å². The molecule has 0 spiro atoms. The summed E-state index contributed by atoms with van der Waals surface area (Å²) in [4.78, 5) is 36.3. The normalized spacial score (nSPS) is 17.4. The highest BCUT2D eigenvalue weighted by Crippen LogP contribution is 2.40. The van der Waals surface area contributed by atoms with Crippen molar-refractivity contribution in [1.82, 2.24) is 14.9 Å². The number of nitrogens with zero attached hydrogens (tertiary/aromatic N) is 3. The molecule has 1 fully saturated rings. The zero-order valence-corrected chi connectivity index (χ0v) is 19.4. The number of ether oxygens (including phenoxy) is 1. The van der Waals surface area contributed by atoms with Gasteiger partial charge in [0.1, 0.15) is 17.6 Å². The van der Waals surface area contributed by atoms with Gasteiger partial charge in [0.15, 0.2) is 0 Å². The number of carbonyl (C=O) groups is 2. The van der Waals surface area contributed by atoms with E-state index in [4.69, 9.17) is 4.74 Å². The fourth-order valence-electron chi connectivity index (χ4n) is 4.17. The maximum Gasteiger partial charge on any atom is 0.296 e. The number of carbonyl (C=O) groups excluding carboxylic acids is 2. The Morgan fingerprint density at radius 3 is 2.59 bits per heavy atom. The summed E-state index contributed by atoms with van der Waals surface area (Å²) in [6.07, 6.45) is 4.90. The van der Waals surface area contributed by atoms with Crippen LogP contribution in [0.25, 0.3) is 5.76 Å². The Balaban J connectivity index is 1.85. The van der Waals surface area contributed by atoms with Crippen LogP contribution in [-0.2, 0) is 16.1 Å². The Bertz CT molecular complexity index is 1220. The number of rotatable bonds is 7. The lowest BCUT2D eigenvalue weighted by Crippen LogP contribution is -2.29. The average molecular weight is 458 g/mol. The van der Waals surface area contributed by atoms with E-state index < -0.39 is 17.7 Å². The second kappa shape index (κ2) is 9.87. The van der Waals surface area contributed by atoms with E-state index in [1.807, 2.05) is 32.9 Å². The van der Waals surface area contributed by atoms with Gasteiger partial charge >= 0.3 is 0 Å². The monoisotopic (exact) mass is 457 g/mol. The Labute approximate surface area is 198 Å². The number of likely N-dealkylation sites (tertiary alicyclic amines) is 1. The molecule has 7 heteroatoms. The smallest absolute Gasteiger partial charge is 0.296 e. The second-order valence-electron chi connectivity index (χ2n) is 8.38. The lowest BCUT2D eigenvalue weighted by Gasteiger charge is -2.24. The molecule has 174 valence electrons. The standard InChI is InChI=1S/C27H27N3O4/c1-4-34-22-11-10-19(14-20(22)17(2)3)25(31)23-24(21-9-5-6-13-29-21)30(27(33)26(23)32)16-18-8-7-12-28-15-18/h5-15,17,24,31H,4,16H2,1-3H3/b25-23-. The molecule has 0 aliphatic carbocycles. The van der Waals surface area contributed by atoms with Crippen LogP contribution in [-0.4, -0.2) is 38.3 Å².